The first-order valence-corrected chi connectivity index (χ1v) is 6.15. The number of pyridine rings is 2. The van der Waals surface area contributed by atoms with Gasteiger partial charge in [-0.15, -0.1) is 0 Å². The Morgan fingerprint density at radius 3 is 1.43 bits per heavy atom. The summed E-state index contributed by atoms with van der Waals surface area (Å²) < 4.78 is 2.27. The van der Waals surface area contributed by atoms with Crippen LogP contribution in [0.15, 0.2) is 36.7 Å². The van der Waals surface area contributed by atoms with Crippen molar-refractivity contribution in [1.29, 1.82) is 0 Å². The second-order valence-electron chi connectivity index (χ2n) is 2.72. The molecule has 2 rings (SSSR count). The quantitative estimate of drug-likeness (QED) is 0.677. The SMILES string of the molecule is Ic1ccc(-c2ccc(I)cn2)nc1. The monoisotopic (exact) mass is 408 g/mol. The van der Waals surface area contributed by atoms with Gasteiger partial charge < -0.3 is 0 Å². The molecule has 2 aromatic heterocycles. The van der Waals surface area contributed by atoms with Gasteiger partial charge in [-0.2, -0.15) is 0 Å². The summed E-state index contributed by atoms with van der Waals surface area (Å²) in [4.78, 5) is 8.61. The van der Waals surface area contributed by atoms with Crippen molar-refractivity contribution >= 4 is 45.2 Å². The van der Waals surface area contributed by atoms with E-state index in [0.29, 0.717) is 0 Å². The van der Waals surface area contributed by atoms with Gasteiger partial charge in [-0.1, -0.05) is 0 Å². The van der Waals surface area contributed by atoms with Crippen LogP contribution in [-0.2, 0) is 0 Å². The zero-order valence-corrected chi connectivity index (χ0v) is 11.4. The molecule has 0 aliphatic rings. The third-order valence-corrected chi connectivity index (χ3v) is 2.99. The molecule has 0 aliphatic heterocycles. The van der Waals surface area contributed by atoms with Crippen molar-refractivity contribution in [1.82, 2.24) is 9.97 Å². The van der Waals surface area contributed by atoms with E-state index in [1.165, 1.54) is 0 Å². The molecule has 0 N–H and O–H groups in total. The predicted molar refractivity (Wildman–Crippen MR) is 72.9 cm³/mol. The van der Waals surface area contributed by atoms with E-state index in [1.807, 2.05) is 36.7 Å². The van der Waals surface area contributed by atoms with Crippen LogP contribution in [0.4, 0.5) is 0 Å². The number of hydrogen-bond acceptors (Lipinski definition) is 2. The normalized spacial score (nSPS) is 10.1. The molecule has 0 amide bonds. The molecule has 0 fully saturated rings. The van der Waals surface area contributed by atoms with Crippen molar-refractivity contribution in [3.63, 3.8) is 0 Å². The Labute approximate surface area is 109 Å². The van der Waals surface area contributed by atoms with Gasteiger partial charge in [0.2, 0.25) is 0 Å². The lowest BCUT2D eigenvalue weighted by molar-refractivity contribution is 1.23. The highest BCUT2D eigenvalue weighted by Crippen LogP contribution is 2.15. The third kappa shape index (κ3) is 2.41. The molecule has 0 saturated heterocycles. The summed E-state index contributed by atoms with van der Waals surface area (Å²) in [5, 5.41) is 0. The minimum Gasteiger partial charge on any atom is -0.254 e. The lowest BCUT2D eigenvalue weighted by Gasteiger charge is -1.99. The fourth-order valence-corrected chi connectivity index (χ4v) is 1.69. The summed E-state index contributed by atoms with van der Waals surface area (Å²) >= 11 is 4.47. The van der Waals surface area contributed by atoms with Gasteiger partial charge >= 0.3 is 0 Å². The highest BCUT2D eigenvalue weighted by molar-refractivity contribution is 14.1. The lowest BCUT2D eigenvalue weighted by atomic mass is 10.2. The van der Waals surface area contributed by atoms with Crippen LogP contribution in [-0.4, -0.2) is 9.97 Å². The van der Waals surface area contributed by atoms with Gasteiger partial charge in [0.1, 0.15) is 0 Å². The van der Waals surface area contributed by atoms with E-state index in [1.54, 1.807) is 0 Å². The van der Waals surface area contributed by atoms with Crippen LogP contribution in [0.1, 0.15) is 0 Å². The molecule has 0 radical (unpaired) electrons. The van der Waals surface area contributed by atoms with E-state index >= 15 is 0 Å². The summed E-state index contributed by atoms with van der Waals surface area (Å²) in [6.07, 6.45) is 3.69. The summed E-state index contributed by atoms with van der Waals surface area (Å²) in [6, 6.07) is 8.03. The Kier molecular flexibility index (Phi) is 3.32. The first-order chi connectivity index (χ1) is 6.75. The summed E-state index contributed by atoms with van der Waals surface area (Å²) in [5.41, 5.74) is 1.84. The topological polar surface area (TPSA) is 25.8 Å². The maximum absolute atomic E-state index is 4.31. The van der Waals surface area contributed by atoms with Crippen LogP contribution >= 0.6 is 45.2 Å². The predicted octanol–water partition coefficient (Wildman–Crippen LogP) is 3.35. The Hall–Kier alpha value is -0.240. The Morgan fingerprint density at radius 1 is 0.714 bits per heavy atom. The Morgan fingerprint density at radius 2 is 1.14 bits per heavy atom. The highest BCUT2D eigenvalue weighted by atomic mass is 127. The van der Waals surface area contributed by atoms with Crippen LogP contribution in [0.5, 0.6) is 0 Å². The van der Waals surface area contributed by atoms with Gasteiger partial charge in [-0.25, -0.2) is 0 Å². The minimum atomic E-state index is 0.918. The molecule has 0 unspecified atom stereocenters. The average molecular weight is 408 g/mol. The van der Waals surface area contributed by atoms with Gasteiger partial charge in [0.05, 0.1) is 11.4 Å². The number of rotatable bonds is 1. The van der Waals surface area contributed by atoms with Crippen LogP contribution in [0.25, 0.3) is 11.4 Å². The molecule has 0 aliphatic carbocycles. The van der Waals surface area contributed by atoms with E-state index in [9.17, 15) is 0 Å². The second-order valence-corrected chi connectivity index (χ2v) is 5.21. The zero-order valence-electron chi connectivity index (χ0n) is 7.11. The van der Waals surface area contributed by atoms with Crippen LogP contribution < -0.4 is 0 Å². The lowest BCUT2D eigenvalue weighted by Crippen LogP contribution is -1.87. The number of nitrogens with zero attached hydrogens (tertiary/aromatic N) is 2. The molecular weight excluding hydrogens is 402 g/mol. The fourth-order valence-electron chi connectivity index (χ4n) is 1.05. The zero-order chi connectivity index (χ0) is 9.97. The Bertz CT molecular complexity index is 379. The summed E-state index contributed by atoms with van der Waals surface area (Å²) in [6.45, 7) is 0. The molecule has 70 valence electrons. The summed E-state index contributed by atoms with van der Waals surface area (Å²) in [5.74, 6) is 0. The van der Waals surface area contributed by atoms with E-state index in [2.05, 4.69) is 55.1 Å². The first kappa shape index (κ1) is 10.3. The average Bonchev–Trinajstić information content (AvgIpc) is 2.21. The standard InChI is InChI=1S/C10H6I2N2/c11-7-1-3-9(13-5-7)10-4-2-8(12)6-14-10/h1-6H. The fraction of sp³-hybridized carbons (Fsp3) is 0. The molecule has 14 heavy (non-hydrogen) atoms. The molecule has 2 aromatic rings. The van der Waals surface area contributed by atoms with E-state index in [0.717, 1.165) is 18.5 Å². The number of hydrogen-bond donors (Lipinski definition) is 0. The third-order valence-electron chi connectivity index (χ3n) is 1.72. The van der Waals surface area contributed by atoms with Gasteiger partial charge in [0, 0.05) is 19.5 Å². The number of halogens is 2. The molecule has 0 spiro atoms. The second kappa shape index (κ2) is 4.52. The van der Waals surface area contributed by atoms with Crippen LogP contribution in [0.2, 0.25) is 0 Å². The van der Waals surface area contributed by atoms with Crippen LogP contribution in [0, 0.1) is 7.14 Å². The van der Waals surface area contributed by atoms with Crippen molar-refractivity contribution in [2.45, 2.75) is 0 Å². The maximum Gasteiger partial charge on any atom is 0.0886 e. The molecule has 0 saturated carbocycles. The molecule has 0 atom stereocenters. The van der Waals surface area contributed by atoms with E-state index in [-0.39, 0.29) is 0 Å². The molecule has 2 nitrogen and oxygen atoms in total. The highest BCUT2D eigenvalue weighted by Gasteiger charge is 1.99. The minimum absolute atomic E-state index is 0.918. The molecule has 4 heteroatoms. The van der Waals surface area contributed by atoms with Gasteiger partial charge in [-0.3, -0.25) is 9.97 Å². The van der Waals surface area contributed by atoms with Gasteiger partial charge in [-0.05, 0) is 69.4 Å². The van der Waals surface area contributed by atoms with Crippen molar-refractivity contribution in [3.8, 4) is 11.4 Å². The smallest absolute Gasteiger partial charge is 0.0886 e. The van der Waals surface area contributed by atoms with E-state index < -0.39 is 0 Å². The van der Waals surface area contributed by atoms with Crippen LogP contribution in [0.3, 0.4) is 0 Å². The largest absolute Gasteiger partial charge is 0.254 e. The molecular formula is C10H6I2N2. The molecule has 0 bridgehead atoms. The van der Waals surface area contributed by atoms with Crippen molar-refractivity contribution in [2.24, 2.45) is 0 Å². The molecule has 2 heterocycles. The maximum atomic E-state index is 4.31. The molecule has 0 aromatic carbocycles. The Balaban J connectivity index is 2.40. The van der Waals surface area contributed by atoms with Crippen molar-refractivity contribution in [2.75, 3.05) is 0 Å². The van der Waals surface area contributed by atoms with E-state index in [4.69, 9.17) is 0 Å². The van der Waals surface area contributed by atoms with Crippen molar-refractivity contribution in [3.05, 3.63) is 43.8 Å². The summed E-state index contributed by atoms with van der Waals surface area (Å²) in [7, 11) is 0. The van der Waals surface area contributed by atoms with Gasteiger partial charge in [0.25, 0.3) is 0 Å². The first-order valence-electron chi connectivity index (χ1n) is 3.99. The van der Waals surface area contributed by atoms with Crippen molar-refractivity contribution < 1.29 is 0 Å². The van der Waals surface area contributed by atoms with Gasteiger partial charge in [0.15, 0.2) is 0 Å². The number of aromatic nitrogens is 2.